The molecule has 2 heterocycles. The molecular formula is C10H13ClN4O. The molecule has 1 aliphatic heterocycles. The Bertz CT molecular complexity index is 379. The van der Waals surface area contributed by atoms with Gasteiger partial charge >= 0.3 is 0 Å². The maximum atomic E-state index is 11.9. The summed E-state index contributed by atoms with van der Waals surface area (Å²) < 4.78 is 0. The van der Waals surface area contributed by atoms with Gasteiger partial charge in [-0.25, -0.2) is 9.97 Å². The molecule has 0 radical (unpaired) electrons. The largest absolute Gasteiger partial charge is 0.340 e. The second kappa shape index (κ2) is 5.23. The first-order valence-corrected chi connectivity index (χ1v) is 5.59. The van der Waals surface area contributed by atoms with Crippen LogP contribution in [-0.4, -0.2) is 47.0 Å². The average Bonchev–Trinajstić information content (AvgIpc) is 2.30. The summed E-state index contributed by atoms with van der Waals surface area (Å²) in [5.41, 5.74) is 0.670. The first-order valence-electron chi connectivity index (χ1n) is 5.21. The Morgan fingerprint density at radius 1 is 1.50 bits per heavy atom. The van der Waals surface area contributed by atoms with Gasteiger partial charge in [-0.15, -0.1) is 0 Å². The molecule has 2 rings (SSSR count). The minimum absolute atomic E-state index is 0.0938. The van der Waals surface area contributed by atoms with E-state index in [0.717, 1.165) is 26.2 Å². The molecule has 6 heteroatoms. The fraction of sp³-hybridized carbons (Fsp3) is 0.500. The fourth-order valence-corrected chi connectivity index (χ4v) is 1.81. The number of nitrogens with zero attached hydrogens (tertiary/aromatic N) is 3. The van der Waals surface area contributed by atoms with Gasteiger partial charge in [0.1, 0.15) is 0 Å². The van der Waals surface area contributed by atoms with Crippen LogP contribution in [0.3, 0.4) is 0 Å². The quantitative estimate of drug-likeness (QED) is 0.746. The van der Waals surface area contributed by atoms with Crippen LogP contribution in [0.1, 0.15) is 5.69 Å². The molecule has 1 N–H and O–H groups in total. The minimum atomic E-state index is 0.0938. The van der Waals surface area contributed by atoms with Gasteiger partial charge in [-0.05, 0) is 17.7 Å². The van der Waals surface area contributed by atoms with Gasteiger partial charge in [0.15, 0.2) is 0 Å². The van der Waals surface area contributed by atoms with Crippen LogP contribution in [0.25, 0.3) is 0 Å². The minimum Gasteiger partial charge on any atom is -0.340 e. The topological polar surface area (TPSA) is 58.1 Å². The molecule has 86 valence electrons. The third-order valence-corrected chi connectivity index (χ3v) is 2.67. The standard InChI is InChI=1S/C10H13ClN4O/c11-10-13-2-1-8(14-10)7-9(16)15-5-3-12-4-6-15/h1-2,12H,3-7H2. The number of piperazine rings is 1. The van der Waals surface area contributed by atoms with E-state index in [4.69, 9.17) is 11.6 Å². The SMILES string of the molecule is O=C(Cc1ccnc(Cl)n1)N1CCNCC1. The van der Waals surface area contributed by atoms with Gasteiger partial charge in [0, 0.05) is 32.4 Å². The number of carbonyl (C=O) groups excluding carboxylic acids is 1. The van der Waals surface area contributed by atoms with E-state index in [9.17, 15) is 4.79 Å². The smallest absolute Gasteiger partial charge is 0.228 e. The number of rotatable bonds is 2. The van der Waals surface area contributed by atoms with Crippen molar-refractivity contribution in [3.05, 3.63) is 23.2 Å². The molecule has 0 atom stereocenters. The molecule has 1 fully saturated rings. The summed E-state index contributed by atoms with van der Waals surface area (Å²) in [6, 6.07) is 1.71. The number of carbonyl (C=O) groups is 1. The van der Waals surface area contributed by atoms with E-state index >= 15 is 0 Å². The summed E-state index contributed by atoms with van der Waals surface area (Å²) in [5.74, 6) is 0.0938. The van der Waals surface area contributed by atoms with Crippen molar-refractivity contribution in [2.45, 2.75) is 6.42 Å². The second-order valence-electron chi connectivity index (χ2n) is 3.62. The number of aromatic nitrogens is 2. The monoisotopic (exact) mass is 240 g/mol. The molecular weight excluding hydrogens is 228 g/mol. The zero-order valence-corrected chi connectivity index (χ0v) is 9.57. The van der Waals surface area contributed by atoms with E-state index in [-0.39, 0.29) is 11.2 Å². The molecule has 1 aromatic rings. The van der Waals surface area contributed by atoms with E-state index in [1.807, 2.05) is 4.90 Å². The van der Waals surface area contributed by atoms with Crippen LogP contribution in [0.15, 0.2) is 12.3 Å². The lowest BCUT2D eigenvalue weighted by Gasteiger charge is -2.27. The maximum absolute atomic E-state index is 11.9. The average molecular weight is 241 g/mol. The summed E-state index contributed by atoms with van der Waals surface area (Å²) in [7, 11) is 0. The van der Waals surface area contributed by atoms with Crippen molar-refractivity contribution < 1.29 is 4.79 Å². The Hall–Kier alpha value is -1.20. The van der Waals surface area contributed by atoms with Gasteiger partial charge < -0.3 is 10.2 Å². The van der Waals surface area contributed by atoms with Crippen LogP contribution < -0.4 is 5.32 Å². The van der Waals surface area contributed by atoms with Crippen LogP contribution >= 0.6 is 11.6 Å². The highest BCUT2D eigenvalue weighted by Crippen LogP contribution is 2.04. The van der Waals surface area contributed by atoms with Gasteiger partial charge in [-0.2, -0.15) is 0 Å². The van der Waals surface area contributed by atoms with Crippen molar-refractivity contribution in [2.75, 3.05) is 26.2 Å². The number of halogens is 1. The van der Waals surface area contributed by atoms with E-state index in [0.29, 0.717) is 12.1 Å². The maximum Gasteiger partial charge on any atom is 0.228 e. The summed E-state index contributed by atoms with van der Waals surface area (Å²) in [6.07, 6.45) is 1.86. The van der Waals surface area contributed by atoms with Gasteiger partial charge in [-0.3, -0.25) is 4.79 Å². The number of hydrogen-bond donors (Lipinski definition) is 1. The summed E-state index contributed by atoms with van der Waals surface area (Å²) in [6.45, 7) is 3.24. The molecule has 0 aromatic carbocycles. The molecule has 1 aliphatic rings. The lowest BCUT2D eigenvalue weighted by Crippen LogP contribution is -2.47. The third kappa shape index (κ3) is 2.90. The summed E-state index contributed by atoms with van der Waals surface area (Å²) >= 11 is 5.66. The normalized spacial score (nSPS) is 16.2. The highest BCUT2D eigenvalue weighted by Gasteiger charge is 2.16. The van der Waals surface area contributed by atoms with Crippen LogP contribution in [0, 0.1) is 0 Å². The predicted molar refractivity (Wildman–Crippen MR) is 60.2 cm³/mol. The van der Waals surface area contributed by atoms with E-state index < -0.39 is 0 Å². The first-order chi connectivity index (χ1) is 7.75. The van der Waals surface area contributed by atoms with Crippen LogP contribution in [0.2, 0.25) is 5.28 Å². The molecule has 0 aliphatic carbocycles. The van der Waals surface area contributed by atoms with Crippen molar-refractivity contribution in [1.82, 2.24) is 20.2 Å². The van der Waals surface area contributed by atoms with Crippen molar-refractivity contribution in [3.63, 3.8) is 0 Å². The lowest BCUT2D eigenvalue weighted by molar-refractivity contribution is -0.131. The van der Waals surface area contributed by atoms with Gasteiger partial charge in [0.2, 0.25) is 11.2 Å². The van der Waals surface area contributed by atoms with Crippen molar-refractivity contribution in [1.29, 1.82) is 0 Å². The van der Waals surface area contributed by atoms with Crippen LogP contribution in [0.4, 0.5) is 0 Å². The lowest BCUT2D eigenvalue weighted by atomic mass is 10.2. The fourth-order valence-electron chi connectivity index (χ4n) is 1.65. The molecule has 1 saturated heterocycles. The third-order valence-electron chi connectivity index (χ3n) is 2.49. The van der Waals surface area contributed by atoms with Crippen molar-refractivity contribution >= 4 is 17.5 Å². The number of amides is 1. The molecule has 1 aromatic heterocycles. The molecule has 0 bridgehead atoms. The molecule has 0 spiro atoms. The Kier molecular flexibility index (Phi) is 3.69. The zero-order valence-electron chi connectivity index (χ0n) is 8.82. The molecule has 1 amide bonds. The zero-order chi connectivity index (χ0) is 11.4. The van der Waals surface area contributed by atoms with Crippen molar-refractivity contribution in [2.24, 2.45) is 0 Å². The van der Waals surface area contributed by atoms with E-state index in [1.54, 1.807) is 12.3 Å². The Morgan fingerprint density at radius 2 is 2.25 bits per heavy atom. The highest BCUT2D eigenvalue weighted by molar-refractivity contribution is 6.28. The van der Waals surface area contributed by atoms with Crippen molar-refractivity contribution in [3.8, 4) is 0 Å². The summed E-state index contributed by atoms with van der Waals surface area (Å²) in [5, 5.41) is 3.39. The van der Waals surface area contributed by atoms with E-state index in [2.05, 4.69) is 15.3 Å². The molecule has 16 heavy (non-hydrogen) atoms. The molecule has 0 saturated carbocycles. The predicted octanol–water partition coefficient (Wildman–Crippen LogP) is 0.104. The van der Waals surface area contributed by atoms with Gasteiger partial charge in [0.05, 0.1) is 12.1 Å². The first kappa shape index (κ1) is 11.3. The van der Waals surface area contributed by atoms with Gasteiger partial charge in [-0.1, -0.05) is 0 Å². The highest BCUT2D eigenvalue weighted by atomic mass is 35.5. The Morgan fingerprint density at radius 3 is 2.94 bits per heavy atom. The molecule has 0 unspecified atom stereocenters. The number of nitrogens with one attached hydrogen (secondary N) is 1. The molecule has 5 nitrogen and oxygen atoms in total. The number of hydrogen-bond acceptors (Lipinski definition) is 4. The van der Waals surface area contributed by atoms with E-state index in [1.165, 1.54) is 0 Å². The van der Waals surface area contributed by atoms with Crippen LogP contribution in [-0.2, 0) is 11.2 Å². The Balaban J connectivity index is 1.96. The second-order valence-corrected chi connectivity index (χ2v) is 3.96. The van der Waals surface area contributed by atoms with Crippen LogP contribution in [0.5, 0.6) is 0 Å². The summed E-state index contributed by atoms with van der Waals surface area (Å²) in [4.78, 5) is 21.5. The van der Waals surface area contributed by atoms with Gasteiger partial charge in [0.25, 0.3) is 0 Å². The Labute approximate surface area is 98.8 Å².